The molecule has 0 atom stereocenters. The van der Waals surface area contributed by atoms with Crippen LogP contribution in [-0.4, -0.2) is 52.8 Å². The van der Waals surface area contributed by atoms with Crippen LogP contribution in [0.15, 0.2) is 46.3 Å². The Labute approximate surface area is 241 Å². The maximum atomic E-state index is 14.0. The van der Waals surface area contributed by atoms with Gasteiger partial charge in [-0.15, -0.1) is 11.3 Å². The van der Waals surface area contributed by atoms with Gasteiger partial charge in [-0.3, -0.25) is 19.0 Å². The fraction of sp³-hybridized carbons (Fsp3) is 0.259. The SMILES string of the molecule is COc1cc(NC(=O)CSc2nc3sc4c(c3c(=O)n2-c2ccc(F)c(Cl)c2)CCN(C(C)=O)C4)cc(OC)c1. The van der Waals surface area contributed by atoms with Gasteiger partial charge in [-0.2, -0.15) is 0 Å². The van der Waals surface area contributed by atoms with Gasteiger partial charge in [-0.05, 0) is 30.2 Å². The molecule has 9 nitrogen and oxygen atoms in total. The molecule has 2 aromatic heterocycles. The van der Waals surface area contributed by atoms with Crippen LogP contribution in [0.4, 0.5) is 10.1 Å². The number of hydrogen-bond donors (Lipinski definition) is 1. The number of hydrogen-bond acceptors (Lipinski definition) is 8. The predicted molar refractivity (Wildman–Crippen MR) is 154 cm³/mol. The van der Waals surface area contributed by atoms with Crippen LogP contribution in [0.25, 0.3) is 15.9 Å². The molecule has 13 heteroatoms. The highest BCUT2D eigenvalue weighted by atomic mass is 35.5. The molecule has 2 amide bonds. The summed E-state index contributed by atoms with van der Waals surface area (Å²) in [5.41, 5.74) is 1.32. The molecular weight excluding hydrogens is 579 g/mol. The molecule has 0 aliphatic carbocycles. The van der Waals surface area contributed by atoms with Gasteiger partial charge in [0.25, 0.3) is 5.56 Å². The average Bonchev–Trinajstić information content (AvgIpc) is 3.31. The highest BCUT2D eigenvalue weighted by Gasteiger charge is 2.27. The number of nitrogens with one attached hydrogen (secondary N) is 1. The number of fused-ring (bicyclic) bond motifs is 3. The van der Waals surface area contributed by atoms with Crippen LogP contribution < -0.4 is 20.3 Å². The number of nitrogens with zero attached hydrogens (tertiary/aromatic N) is 3. The lowest BCUT2D eigenvalue weighted by molar-refractivity contribution is -0.129. The van der Waals surface area contributed by atoms with Gasteiger partial charge in [0.2, 0.25) is 11.8 Å². The zero-order valence-corrected chi connectivity index (χ0v) is 24.1. The highest BCUT2D eigenvalue weighted by molar-refractivity contribution is 7.99. The van der Waals surface area contributed by atoms with E-state index in [4.69, 9.17) is 26.1 Å². The third kappa shape index (κ3) is 5.51. The van der Waals surface area contributed by atoms with E-state index in [1.807, 2.05) is 0 Å². The normalized spacial score (nSPS) is 12.8. The van der Waals surface area contributed by atoms with Crippen molar-refractivity contribution in [2.45, 2.75) is 25.0 Å². The Kier molecular flexibility index (Phi) is 8.02. The number of anilines is 1. The van der Waals surface area contributed by atoms with Crippen molar-refractivity contribution < 1.29 is 23.5 Å². The summed E-state index contributed by atoms with van der Waals surface area (Å²) in [6, 6.07) is 8.98. The first kappa shape index (κ1) is 27.9. The molecule has 40 heavy (non-hydrogen) atoms. The van der Waals surface area contributed by atoms with E-state index < -0.39 is 5.82 Å². The topological polar surface area (TPSA) is 103 Å². The molecule has 0 fully saturated rings. The minimum absolute atomic E-state index is 0.0367. The fourth-order valence-corrected chi connectivity index (χ4v) is 6.71. The molecule has 0 radical (unpaired) electrons. The molecule has 3 heterocycles. The number of thioether (sulfide) groups is 1. The van der Waals surface area contributed by atoms with Crippen molar-refractivity contribution in [2.75, 3.05) is 31.8 Å². The molecule has 4 aromatic rings. The molecule has 208 valence electrons. The molecule has 1 aliphatic rings. The molecule has 1 N–H and O–H groups in total. The quantitative estimate of drug-likeness (QED) is 0.237. The standard InChI is InChI=1S/C27H24ClFN4O5S2/c1-14(34)32-7-6-19-22(12-32)40-25-24(19)26(36)33(16-4-5-21(29)20(28)10-16)27(31-25)39-13-23(35)30-15-8-17(37-2)11-18(9-15)38-3/h4-5,8-11H,6-7,12-13H2,1-3H3,(H,30,35). The lowest BCUT2D eigenvalue weighted by atomic mass is 10.1. The Morgan fingerprint density at radius 2 is 1.90 bits per heavy atom. The second-order valence-corrected chi connectivity index (χ2v) is 11.4. The van der Waals surface area contributed by atoms with Crippen LogP contribution in [0, 0.1) is 5.82 Å². The molecule has 0 bridgehead atoms. The summed E-state index contributed by atoms with van der Waals surface area (Å²) in [6.07, 6.45) is 0.523. The molecule has 1 aliphatic heterocycles. The summed E-state index contributed by atoms with van der Waals surface area (Å²) in [6.45, 7) is 2.42. The molecule has 0 saturated carbocycles. The molecular formula is C27H24ClFN4O5S2. The van der Waals surface area contributed by atoms with Gasteiger partial charge in [0.1, 0.15) is 22.1 Å². The molecule has 0 spiro atoms. The minimum Gasteiger partial charge on any atom is -0.497 e. The maximum Gasteiger partial charge on any atom is 0.267 e. The van der Waals surface area contributed by atoms with E-state index in [0.29, 0.717) is 52.6 Å². The summed E-state index contributed by atoms with van der Waals surface area (Å²) in [5.74, 6) is -0.0449. The molecule has 5 rings (SSSR count). The number of methoxy groups -OCH3 is 2. The van der Waals surface area contributed by atoms with Gasteiger partial charge in [0, 0.05) is 42.2 Å². The monoisotopic (exact) mass is 602 g/mol. The first-order valence-electron chi connectivity index (χ1n) is 12.1. The number of rotatable bonds is 7. The van der Waals surface area contributed by atoms with E-state index in [1.54, 1.807) is 23.1 Å². The van der Waals surface area contributed by atoms with Crippen molar-refractivity contribution in [2.24, 2.45) is 0 Å². The van der Waals surface area contributed by atoms with Gasteiger partial charge in [-0.25, -0.2) is 9.37 Å². The second kappa shape index (κ2) is 11.5. The van der Waals surface area contributed by atoms with Crippen LogP contribution >= 0.6 is 34.7 Å². The Morgan fingerprint density at radius 1 is 1.18 bits per heavy atom. The lowest BCUT2D eigenvalue weighted by Crippen LogP contribution is -2.34. The number of halogens is 2. The van der Waals surface area contributed by atoms with E-state index in [-0.39, 0.29) is 33.3 Å². The van der Waals surface area contributed by atoms with E-state index in [1.165, 1.54) is 55.2 Å². The summed E-state index contributed by atoms with van der Waals surface area (Å²) in [7, 11) is 3.03. The van der Waals surface area contributed by atoms with Crippen LogP contribution in [0.3, 0.4) is 0 Å². The largest absolute Gasteiger partial charge is 0.497 e. The van der Waals surface area contributed by atoms with Crippen molar-refractivity contribution in [3.8, 4) is 17.2 Å². The number of ether oxygens (including phenoxy) is 2. The van der Waals surface area contributed by atoms with Crippen LogP contribution in [-0.2, 0) is 22.6 Å². The Balaban J connectivity index is 1.52. The van der Waals surface area contributed by atoms with Crippen LogP contribution in [0.2, 0.25) is 5.02 Å². The third-order valence-corrected chi connectivity index (χ3v) is 8.76. The van der Waals surface area contributed by atoms with Crippen molar-refractivity contribution in [3.05, 3.63) is 68.0 Å². The predicted octanol–water partition coefficient (Wildman–Crippen LogP) is 4.89. The number of benzene rings is 2. The van der Waals surface area contributed by atoms with Crippen molar-refractivity contribution >= 4 is 62.4 Å². The average molecular weight is 603 g/mol. The van der Waals surface area contributed by atoms with E-state index in [9.17, 15) is 18.8 Å². The highest BCUT2D eigenvalue weighted by Crippen LogP contribution is 2.35. The summed E-state index contributed by atoms with van der Waals surface area (Å²) >= 11 is 8.48. The van der Waals surface area contributed by atoms with Crippen LogP contribution in [0.1, 0.15) is 17.4 Å². The Bertz CT molecular complexity index is 1680. The second-order valence-electron chi connectivity index (χ2n) is 8.95. The van der Waals surface area contributed by atoms with Crippen LogP contribution in [0.5, 0.6) is 11.5 Å². The smallest absolute Gasteiger partial charge is 0.267 e. The van der Waals surface area contributed by atoms with E-state index in [0.717, 1.165) is 22.2 Å². The van der Waals surface area contributed by atoms with Crippen molar-refractivity contribution in [1.29, 1.82) is 0 Å². The maximum absolute atomic E-state index is 14.0. The summed E-state index contributed by atoms with van der Waals surface area (Å²) in [4.78, 5) is 46.7. The van der Waals surface area contributed by atoms with Crippen molar-refractivity contribution in [3.63, 3.8) is 0 Å². The van der Waals surface area contributed by atoms with Gasteiger partial charge in [-0.1, -0.05) is 23.4 Å². The first-order chi connectivity index (χ1) is 19.2. The number of carbonyl (C=O) groups excluding carboxylic acids is 2. The van der Waals surface area contributed by atoms with Gasteiger partial charge in [0.15, 0.2) is 5.16 Å². The minimum atomic E-state index is -0.618. The summed E-state index contributed by atoms with van der Waals surface area (Å²) in [5, 5.41) is 3.37. The summed E-state index contributed by atoms with van der Waals surface area (Å²) < 4.78 is 25.8. The number of carbonyl (C=O) groups is 2. The number of thiophene rings is 1. The Hall–Kier alpha value is -3.61. The lowest BCUT2D eigenvalue weighted by Gasteiger charge is -2.25. The first-order valence-corrected chi connectivity index (χ1v) is 14.3. The van der Waals surface area contributed by atoms with Gasteiger partial charge >= 0.3 is 0 Å². The number of aromatic nitrogens is 2. The van der Waals surface area contributed by atoms with Gasteiger partial charge in [0.05, 0.1) is 42.6 Å². The molecule has 2 aromatic carbocycles. The van der Waals surface area contributed by atoms with Gasteiger partial charge < -0.3 is 19.7 Å². The fourth-order valence-electron chi connectivity index (χ4n) is 4.45. The van der Waals surface area contributed by atoms with E-state index >= 15 is 0 Å². The third-order valence-electron chi connectivity index (χ3n) is 6.42. The zero-order chi connectivity index (χ0) is 28.6. The zero-order valence-electron chi connectivity index (χ0n) is 21.7. The molecule has 0 saturated heterocycles. The Morgan fingerprint density at radius 3 is 2.55 bits per heavy atom. The van der Waals surface area contributed by atoms with E-state index in [2.05, 4.69) is 5.32 Å². The van der Waals surface area contributed by atoms with Crippen molar-refractivity contribution in [1.82, 2.24) is 14.5 Å². The number of amides is 2. The molecule has 0 unspecified atom stereocenters.